The van der Waals surface area contributed by atoms with Crippen LogP contribution in [0.3, 0.4) is 0 Å². The Bertz CT molecular complexity index is 525. The van der Waals surface area contributed by atoms with Crippen LogP contribution in [0.25, 0.3) is 11.2 Å². The first-order valence-corrected chi connectivity index (χ1v) is 3.62. The number of imidazole rings is 1. The van der Waals surface area contributed by atoms with Crippen molar-refractivity contribution in [2.75, 3.05) is 0 Å². The zero-order valence-corrected chi connectivity index (χ0v) is 6.79. The summed E-state index contributed by atoms with van der Waals surface area (Å²) in [5.74, 6) is 0.583. The smallest absolute Gasteiger partial charge is 0.276 e. The van der Waals surface area contributed by atoms with Crippen LogP contribution in [0.1, 0.15) is 16.4 Å². The number of nitrogens with zero attached hydrogens (tertiary/aromatic N) is 2. The van der Waals surface area contributed by atoms with E-state index in [2.05, 4.69) is 19.9 Å². The zero-order valence-electron chi connectivity index (χ0n) is 6.79. The highest BCUT2D eigenvalue weighted by molar-refractivity contribution is 5.78. The molecule has 2 aromatic heterocycles. The Labute approximate surface area is 72.0 Å². The van der Waals surface area contributed by atoms with Crippen molar-refractivity contribution in [3.8, 4) is 0 Å². The maximum atomic E-state index is 11.2. The fourth-order valence-corrected chi connectivity index (χ4v) is 1.09. The molecule has 0 unspecified atom stereocenters. The van der Waals surface area contributed by atoms with Gasteiger partial charge in [0.15, 0.2) is 23.3 Å². The Kier molecular flexibility index (Phi) is 1.48. The van der Waals surface area contributed by atoms with E-state index < -0.39 is 0 Å². The van der Waals surface area contributed by atoms with Crippen molar-refractivity contribution in [1.82, 2.24) is 19.9 Å². The van der Waals surface area contributed by atoms with Crippen LogP contribution >= 0.6 is 0 Å². The summed E-state index contributed by atoms with van der Waals surface area (Å²) >= 11 is 0. The number of rotatable bonds is 1. The first kappa shape index (κ1) is 7.66. The van der Waals surface area contributed by atoms with Gasteiger partial charge in [0.05, 0.1) is 0 Å². The second kappa shape index (κ2) is 2.51. The van der Waals surface area contributed by atoms with E-state index in [1.54, 1.807) is 6.92 Å². The Morgan fingerprint density at radius 1 is 1.31 bits per heavy atom. The number of aldehydes is 1. The number of H-pyrrole nitrogens is 2. The van der Waals surface area contributed by atoms with Crippen molar-refractivity contribution >= 4 is 17.5 Å². The van der Waals surface area contributed by atoms with Crippen LogP contribution in [0.15, 0.2) is 4.79 Å². The average Bonchev–Trinajstić information content (AvgIpc) is 2.47. The van der Waals surface area contributed by atoms with E-state index in [0.717, 1.165) is 0 Å². The second-order valence-electron chi connectivity index (χ2n) is 2.59. The van der Waals surface area contributed by atoms with Gasteiger partial charge >= 0.3 is 0 Å². The van der Waals surface area contributed by atoms with Gasteiger partial charge in [-0.1, -0.05) is 0 Å². The van der Waals surface area contributed by atoms with Crippen LogP contribution in [0, 0.1) is 6.92 Å². The molecule has 2 aromatic rings. The van der Waals surface area contributed by atoms with Crippen LogP contribution in [-0.4, -0.2) is 26.2 Å². The minimum absolute atomic E-state index is 0.110. The number of aromatic nitrogens is 4. The van der Waals surface area contributed by atoms with Gasteiger partial charge in [-0.05, 0) is 6.92 Å². The Hall–Kier alpha value is -1.98. The number of hydrogen-bond acceptors (Lipinski definition) is 4. The summed E-state index contributed by atoms with van der Waals surface area (Å²) < 4.78 is 0. The van der Waals surface area contributed by atoms with Gasteiger partial charge < -0.3 is 9.97 Å². The third-order valence-corrected chi connectivity index (χ3v) is 1.61. The summed E-state index contributed by atoms with van der Waals surface area (Å²) in [6.45, 7) is 1.65. The zero-order chi connectivity index (χ0) is 9.42. The van der Waals surface area contributed by atoms with Crippen molar-refractivity contribution in [3.05, 3.63) is 22.0 Å². The van der Waals surface area contributed by atoms with Crippen LogP contribution in [0.5, 0.6) is 0 Å². The summed E-state index contributed by atoms with van der Waals surface area (Å²) in [4.78, 5) is 34.4. The number of aromatic amines is 2. The van der Waals surface area contributed by atoms with Crippen LogP contribution < -0.4 is 5.56 Å². The van der Waals surface area contributed by atoms with E-state index in [0.29, 0.717) is 12.1 Å². The van der Waals surface area contributed by atoms with E-state index in [-0.39, 0.29) is 22.5 Å². The minimum atomic E-state index is -0.317. The molecule has 0 aromatic carbocycles. The van der Waals surface area contributed by atoms with Gasteiger partial charge in [0.2, 0.25) is 0 Å². The molecule has 0 amide bonds. The molecule has 6 nitrogen and oxygen atoms in total. The van der Waals surface area contributed by atoms with E-state index in [9.17, 15) is 9.59 Å². The Balaban J connectivity index is 2.90. The lowest BCUT2D eigenvalue weighted by atomic mass is 10.5. The highest BCUT2D eigenvalue weighted by Crippen LogP contribution is 2.01. The van der Waals surface area contributed by atoms with Crippen molar-refractivity contribution in [2.45, 2.75) is 6.92 Å². The lowest BCUT2D eigenvalue weighted by molar-refractivity contribution is 0.111. The molecule has 66 valence electrons. The van der Waals surface area contributed by atoms with Gasteiger partial charge in [-0.25, -0.2) is 9.97 Å². The van der Waals surface area contributed by atoms with Crippen LogP contribution in [0.2, 0.25) is 0 Å². The minimum Gasteiger partial charge on any atom is -0.330 e. The summed E-state index contributed by atoms with van der Waals surface area (Å²) in [6, 6.07) is 0. The van der Waals surface area contributed by atoms with Gasteiger partial charge in [0.25, 0.3) is 5.56 Å². The third-order valence-electron chi connectivity index (χ3n) is 1.61. The number of aryl methyl sites for hydroxylation is 1. The third kappa shape index (κ3) is 1.12. The number of hydrogen-bond donors (Lipinski definition) is 2. The lowest BCUT2D eigenvalue weighted by Gasteiger charge is -1.89. The number of nitrogens with one attached hydrogen (secondary N) is 2. The van der Waals surface area contributed by atoms with Crippen molar-refractivity contribution < 1.29 is 4.79 Å². The highest BCUT2D eigenvalue weighted by atomic mass is 16.1. The standard InChI is InChI=1S/C7H6N4O2/c1-3-8-6-5(7(13)9-3)10-4(2-12)11-6/h2H,1H3,(H2,8,9,10,11,13). The van der Waals surface area contributed by atoms with Crippen molar-refractivity contribution in [1.29, 1.82) is 0 Å². The maximum absolute atomic E-state index is 11.2. The summed E-state index contributed by atoms with van der Waals surface area (Å²) in [5, 5.41) is 0. The van der Waals surface area contributed by atoms with Crippen LogP contribution in [0.4, 0.5) is 0 Å². The molecule has 2 heterocycles. The van der Waals surface area contributed by atoms with E-state index in [1.165, 1.54) is 0 Å². The fraction of sp³-hybridized carbons (Fsp3) is 0.143. The average molecular weight is 178 g/mol. The predicted molar refractivity (Wildman–Crippen MR) is 44.6 cm³/mol. The summed E-state index contributed by atoms with van der Waals surface area (Å²) in [5.41, 5.74) is 0.180. The molecule has 13 heavy (non-hydrogen) atoms. The molecule has 0 spiro atoms. The molecular weight excluding hydrogens is 172 g/mol. The van der Waals surface area contributed by atoms with Gasteiger partial charge in [-0.3, -0.25) is 9.59 Å². The summed E-state index contributed by atoms with van der Waals surface area (Å²) in [6.07, 6.45) is 0.538. The number of carbonyl (C=O) groups is 1. The Morgan fingerprint density at radius 3 is 2.77 bits per heavy atom. The molecule has 0 aliphatic carbocycles. The molecule has 0 saturated heterocycles. The van der Waals surface area contributed by atoms with Crippen molar-refractivity contribution in [2.24, 2.45) is 0 Å². The van der Waals surface area contributed by atoms with Gasteiger partial charge in [0.1, 0.15) is 5.82 Å². The molecule has 2 N–H and O–H groups in total. The lowest BCUT2D eigenvalue weighted by Crippen LogP contribution is -2.09. The van der Waals surface area contributed by atoms with E-state index in [4.69, 9.17) is 0 Å². The van der Waals surface area contributed by atoms with Gasteiger partial charge in [-0.2, -0.15) is 0 Å². The Morgan fingerprint density at radius 2 is 2.08 bits per heavy atom. The van der Waals surface area contributed by atoms with Gasteiger partial charge in [0, 0.05) is 0 Å². The molecule has 2 rings (SSSR count). The van der Waals surface area contributed by atoms with Crippen molar-refractivity contribution in [3.63, 3.8) is 0 Å². The quantitative estimate of drug-likeness (QED) is 0.590. The van der Waals surface area contributed by atoms with E-state index in [1.807, 2.05) is 0 Å². The predicted octanol–water partition coefficient (Wildman–Crippen LogP) is -0.233. The normalized spacial score (nSPS) is 10.5. The first-order valence-electron chi connectivity index (χ1n) is 3.62. The molecule has 0 aliphatic rings. The topological polar surface area (TPSA) is 91.5 Å². The summed E-state index contributed by atoms with van der Waals surface area (Å²) in [7, 11) is 0. The maximum Gasteiger partial charge on any atom is 0.276 e. The first-order chi connectivity index (χ1) is 6.20. The van der Waals surface area contributed by atoms with E-state index >= 15 is 0 Å². The number of fused-ring (bicyclic) bond motifs is 1. The fourth-order valence-electron chi connectivity index (χ4n) is 1.09. The molecular formula is C7H6N4O2. The largest absolute Gasteiger partial charge is 0.330 e. The second-order valence-corrected chi connectivity index (χ2v) is 2.59. The molecule has 6 heteroatoms. The highest BCUT2D eigenvalue weighted by Gasteiger charge is 2.06. The van der Waals surface area contributed by atoms with Gasteiger partial charge in [-0.15, -0.1) is 0 Å². The molecule has 0 fully saturated rings. The molecule has 0 bridgehead atoms. The molecule has 0 saturated carbocycles. The monoisotopic (exact) mass is 178 g/mol. The van der Waals surface area contributed by atoms with Crippen LogP contribution in [-0.2, 0) is 0 Å². The molecule has 0 radical (unpaired) electrons. The number of carbonyl (C=O) groups excluding carboxylic acids is 1. The SMILES string of the molecule is Cc1nc2nc(C=O)[nH]c2c(=O)[nH]1. The molecule has 0 atom stereocenters. The molecule has 0 aliphatic heterocycles.